The van der Waals surface area contributed by atoms with Crippen molar-refractivity contribution >= 4 is 24.1 Å². The molecule has 2 amide bonds. The van der Waals surface area contributed by atoms with Crippen molar-refractivity contribution in [3.05, 3.63) is 144 Å². The number of amides is 2. The van der Waals surface area contributed by atoms with E-state index in [4.69, 9.17) is 18.9 Å². The Morgan fingerprint density at radius 3 is 1.28 bits per heavy atom. The van der Waals surface area contributed by atoms with Gasteiger partial charge in [0.2, 0.25) is 0 Å². The van der Waals surface area contributed by atoms with Gasteiger partial charge in [0.25, 0.3) is 0 Å². The van der Waals surface area contributed by atoms with E-state index < -0.39 is 42.3 Å². The molecular weight excluding hydrogens is 600 g/mol. The van der Waals surface area contributed by atoms with Gasteiger partial charge in [0.1, 0.15) is 38.0 Å². The highest BCUT2D eigenvalue weighted by Gasteiger charge is 2.28. The topological polar surface area (TPSA) is 129 Å². The first-order valence-corrected chi connectivity index (χ1v) is 15.2. The van der Waals surface area contributed by atoms with E-state index in [1.54, 1.807) is 6.92 Å². The monoisotopic (exact) mass is 638 g/mol. The van der Waals surface area contributed by atoms with Crippen molar-refractivity contribution in [2.75, 3.05) is 6.61 Å². The Morgan fingerprint density at radius 2 is 0.872 bits per heavy atom. The zero-order chi connectivity index (χ0) is 33.3. The second-order valence-electron chi connectivity index (χ2n) is 10.8. The molecule has 0 aromatic heterocycles. The lowest BCUT2D eigenvalue weighted by Crippen LogP contribution is -2.46. The smallest absolute Gasteiger partial charge is 0.408 e. The lowest BCUT2D eigenvalue weighted by molar-refractivity contribution is -0.160. The van der Waals surface area contributed by atoms with Crippen LogP contribution in [-0.2, 0) is 54.6 Å². The molecule has 0 heterocycles. The first kappa shape index (κ1) is 34.2. The van der Waals surface area contributed by atoms with Gasteiger partial charge in [-0.3, -0.25) is 0 Å². The summed E-state index contributed by atoms with van der Waals surface area (Å²) in [5.41, 5.74) is 3.19. The van der Waals surface area contributed by atoms with Gasteiger partial charge in [-0.05, 0) is 29.2 Å². The van der Waals surface area contributed by atoms with E-state index >= 15 is 0 Å². The lowest BCUT2D eigenvalue weighted by atomic mass is 10.1. The van der Waals surface area contributed by atoms with Crippen LogP contribution in [0.15, 0.2) is 121 Å². The van der Waals surface area contributed by atoms with E-state index in [2.05, 4.69) is 10.6 Å². The largest absolute Gasteiger partial charge is 0.460 e. The van der Waals surface area contributed by atoms with Crippen LogP contribution in [0.25, 0.3) is 0 Å². The van der Waals surface area contributed by atoms with E-state index in [1.807, 2.05) is 121 Å². The molecule has 4 aromatic rings. The minimum atomic E-state index is -1.06. The van der Waals surface area contributed by atoms with Crippen LogP contribution < -0.4 is 10.6 Å². The molecule has 0 saturated heterocycles. The van der Waals surface area contributed by atoms with E-state index in [-0.39, 0.29) is 32.7 Å². The zero-order valence-electron chi connectivity index (χ0n) is 26.1. The SMILES string of the molecule is C[C@@H](COC(=O)[C@@H](Cc1ccccc1)NC(=O)OCc1ccccc1)OC(=O)[C@H](Cc1ccccc1)NC(=O)OCc1ccccc1. The number of alkyl carbamates (subject to hydrolysis) is 2. The predicted octanol–water partition coefficient (Wildman–Crippen LogP) is 5.54. The molecule has 0 fully saturated rings. The molecule has 10 nitrogen and oxygen atoms in total. The van der Waals surface area contributed by atoms with E-state index in [1.165, 1.54) is 0 Å². The number of carbonyl (C=O) groups is 4. The molecule has 0 unspecified atom stereocenters. The molecule has 4 aromatic carbocycles. The molecule has 0 aliphatic rings. The highest BCUT2D eigenvalue weighted by atomic mass is 16.6. The third-order valence-electron chi connectivity index (χ3n) is 6.92. The van der Waals surface area contributed by atoms with E-state index in [0.717, 1.165) is 22.3 Å². The number of hydrogen-bond acceptors (Lipinski definition) is 8. The van der Waals surface area contributed by atoms with Crippen LogP contribution in [0, 0.1) is 0 Å². The summed E-state index contributed by atoms with van der Waals surface area (Å²) in [6.45, 7) is 1.34. The van der Waals surface area contributed by atoms with Crippen LogP contribution in [0.4, 0.5) is 9.59 Å². The number of hydrogen-bond donors (Lipinski definition) is 2. The number of rotatable bonds is 15. The van der Waals surface area contributed by atoms with Gasteiger partial charge >= 0.3 is 24.1 Å². The van der Waals surface area contributed by atoms with Crippen molar-refractivity contribution in [1.82, 2.24) is 10.6 Å². The normalized spacial score (nSPS) is 12.4. The van der Waals surface area contributed by atoms with Gasteiger partial charge in [0.15, 0.2) is 0 Å². The standard InChI is InChI=1S/C37H38N2O8/c1-27(47-35(41)33(23-29-16-8-3-9-17-29)39-37(43)46-26-31-20-12-5-13-21-31)24-44-34(40)32(22-28-14-6-2-7-15-28)38-36(42)45-25-30-18-10-4-11-19-30/h2-21,27,32-33H,22-26H2,1H3,(H,38,42)(H,39,43)/t27-,32+,33-/m0/s1. The Labute approximate surface area is 274 Å². The minimum absolute atomic E-state index is 0.0319. The van der Waals surface area contributed by atoms with Gasteiger partial charge in [0.05, 0.1) is 0 Å². The third-order valence-corrected chi connectivity index (χ3v) is 6.92. The van der Waals surface area contributed by atoms with Crippen molar-refractivity contribution in [1.29, 1.82) is 0 Å². The molecule has 0 saturated carbocycles. The number of carbonyl (C=O) groups excluding carboxylic acids is 4. The Balaban J connectivity index is 1.32. The summed E-state index contributed by atoms with van der Waals surface area (Å²) in [4.78, 5) is 51.6. The van der Waals surface area contributed by atoms with Gasteiger partial charge in [-0.15, -0.1) is 0 Å². The van der Waals surface area contributed by atoms with Crippen molar-refractivity contribution in [2.45, 2.75) is 51.2 Å². The van der Waals surface area contributed by atoms with E-state index in [9.17, 15) is 19.2 Å². The highest BCUT2D eigenvalue weighted by molar-refractivity contribution is 5.82. The summed E-state index contributed by atoms with van der Waals surface area (Å²) in [6, 6.07) is 34.5. The molecule has 0 spiro atoms. The maximum atomic E-state index is 13.2. The number of benzene rings is 4. The van der Waals surface area contributed by atoms with Gasteiger partial charge in [-0.25, -0.2) is 19.2 Å². The first-order valence-electron chi connectivity index (χ1n) is 15.2. The molecule has 0 radical (unpaired) electrons. The summed E-state index contributed by atoms with van der Waals surface area (Å²) in [7, 11) is 0. The summed E-state index contributed by atoms with van der Waals surface area (Å²) in [5, 5.41) is 5.18. The molecule has 244 valence electrons. The average molecular weight is 639 g/mol. The Kier molecular flexibility index (Phi) is 13.4. The second kappa shape index (κ2) is 18.4. The van der Waals surface area contributed by atoms with E-state index in [0.29, 0.717) is 0 Å². The molecule has 0 bridgehead atoms. The highest BCUT2D eigenvalue weighted by Crippen LogP contribution is 2.10. The zero-order valence-corrected chi connectivity index (χ0v) is 26.1. The quantitative estimate of drug-likeness (QED) is 0.128. The molecule has 3 atom stereocenters. The van der Waals surface area contributed by atoms with Crippen molar-refractivity contribution in [3.63, 3.8) is 0 Å². The number of ether oxygens (including phenoxy) is 4. The number of esters is 2. The summed E-state index contributed by atoms with van der Waals surface area (Å²) in [5.74, 6) is -1.45. The summed E-state index contributed by atoms with van der Waals surface area (Å²) < 4.78 is 21.6. The molecule has 47 heavy (non-hydrogen) atoms. The summed E-state index contributed by atoms with van der Waals surface area (Å²) in [6.07, 6.45) is -2.11. The fourth-order valence-electron chi connectivity index (χ4n) is 4.51. The Bertz CT molecular complexity index is 1550. The molecular formula is C37H38N2O8. The maximum Gasteiger partial charge on any atom is 0.408 e. The van der Waals surface area contributed by atoms with Crippen molar-refractivity contribution < 1.29 is 38.1 Å². The minimum Gasteiger partial charge on any atom is -0.460 e. The molecule has 0 aliphatic heterocycles. The Morgan fingerprint density at radius 1 is 0.511 bits per heavy atom. The van der Waals surface area contributed by atoms with Crippen LogP contribution in [0.5, 0.6) is 0 Å². The van der Waals surface area contributed by atoms with Crippen LogP contribution in [0.3, 0.4) is 0 Å². The fraction of sp³-hybridized carbons (Fsp3) is 0.243. The second-order valence-corrected chi connectivity index (χ2v) is 10.8. The van der Waals surface area contributed by atoms with Crippen LogP contribution in [-0.4, -0.2) is 48.9 Å². The predicted molar refractivity (Wildman–Crippen MR) is 174 cm³/mol. The first-order chi connectivity index (χ1) is 22.9. The lowest BCUT2D eigenvalue weighted by Gasteiger charge is -2.22. The average Bonchev–Trinajstić information content (AvgIpc) is 3.10. The third kappa shape index (κ3) is 12.3. The van der Waals surface area contributed by atoms with Gasteiger partial charge in [0, 0.05) is 12.8 Å². The summed E-state index contributed by atoms with van der Waals surface area (Å²) >= 11 is 0. The van der Waals surface area contributed by atoms with Crippen LogP contribution in [0.1, 0.15) is 29.2 Å². The van der Waals surface area contributed by atoms with Crippen molar-refractivity contribution in [3.8, 4) is 0 Å². The molecule has 2 N–H and O–H groups in total. The fourth-order valence-corrected chi connectivity index (χ4v) is 4.51. The maximum absolute atomic E-state index is 13.2. The number of nitrogens with one attached hydrogen (secondary N) is 2. The van der Waals surface area contributed by atoms with Crippen LogP contribution >= 0.6 is 0 Å². The van der Waals surface area contributed by atoms with Gasteiger partial charge < -0.3 is 29.6 Å². The molecule has 10 heteroatoms. The van der Waals surface area contributed by atoms with Gasteiger partial charge in [-0.1, -0.05) is 121 Å². The van der Waals surface area contributed by atoms with Gasteiger partial charge in [-0.2, -0.15) is 0 Å². The molecule has 4 rings (SSSR count). The molecule has 0 aliphatic carbocycles. The Hall–Kier alpha value is -5.64. The van der Waals surface area contributed by atoms with Crippen LogP contribution in [0.2, 0.25) is 0 Å². The van der Waals surface area contributed by atoms with Crippen molar-refractivity contribution in [2.24, 2.45) is 0 Å².